The highest BCUT2D eigenvalue weighted by molar-refractivity contribution is 6.18. The van der Waals surface area contributed by atoms with Crippen LogP contribution in [-0.2, 0) is 9.47 Å². The van der Waals surface area contributed by atoms with E-state index in [4.69, 9.17) is 18.9 Å². The van der Waals surface area contributed by atoms with E-state index >= 15 is 0 Å². The van der Waals surface area contributed by atoms with Gasteiger partial charge in [0.05, 0.1) is 46.6 Å². The molecule has 0 radical (unpaired) electrons. The number of benzene rings is 4. The van der Waals surface area contributed by atoms with Crippen LogP contribution in [0.5, 0.6) is 23.0 Å². The Bertz CT molecular complexity index is 2330. The fourth-order valence-electron chi connectivity index (χ4n) is 8.71. The zero-order chi connectivity index (χ0) is 44.6. The molecular weight excluding hydrogens is 824 g/mol. The van der Waals surface area contributed by atoms with E-state index in [0.717, 1.165) is 24.3 Å². The second-order valence-electron chi connectivity index (χ2n) is 15.2. The molecule has 0 spiro atoms. The maximum absolute atomic E-state index is 14.7. The summed E-state index contributed by atoms with van der Waals surface area (Å²) in [7, 11) is 0. The molecule has 326 valence electrons. The number of hydrogen-bond acceptors (Lipinski definition) is 18. The minimum atomic E-state index is -1.94. The van der Waals surface area contributed by atoms with Gasteiger partial charge in [-0.25, -0.2) is 9.59 Å². The topological polar surface area (TPSA) is 348 Å². The minimum Gasteiger partial charge on any atom is -0.507 e. The summed E-state index contributed by atoms with van der Waals surface area (Å²) in [5.74, 6) is -10.1. The Balaban J connectivity index is 1.38. The second-order valence-corrected chi connectivity index (χ2v) is 15.2. The van der Waals surface area contributed by atoms with Gasteiger partial charge in [-0.05, 0) is 58.7 Å². The van der Waals surface area contributed by atoms with E-state index in [1.807, 2.05) is 0 Å². The summed E-state index contributed by atoms with van der Waals surface area (Å²) < 4.78 is 23.0. The number of aromatic hydroxyl groups is 2. The number of phenols is 2. The molecule has 62 heavy (non-hydrogen) atoms. The molecule has 12 atom stereocenters. The summed E-state index contributed by atoms with van der Waals surface area (Å²) >= 11 is 0. The number of carboxylic acid groups (broad SMARTS) is 2. The van der Waals surface area contributed by atoms with Crippen LogP contribution >= 0.6 is 0 Å². The Morgan fingerprint density at radius 3 is 1.23 bits per heavy atom. The SMILES string of the molecule is O=C(O)c1cc(O)c2c(c1)[C@@H]([C@H]1c3cc(C(=O)O)cc(O)c3C(=O)c3c(O[C@@H]4O[C@H](CO)[C@@H](O)[C@H](O)[C@H]4O)cccc31)c1cccc(O[C@H]3O[C@H](CO)[C@@H](O)[C@H](O)[C@H]3O)c1C2=O. The van der Waals surface area contributed by atoms with Crippen LogP contribution in [0.15, 0.2) is 60.7 Å². The summed E-state index contributed by atoms with van der Waals surface area (Å²) in [6, 6.07) is 11.9. The van der Waals surface area contributed by atoms with E-state index < -0.39 is 144 Å². The van der Waals surface area contributed by atoms with Gasteiger partial charge in [0.1, 0.15) is 71.8 Å². The Morgan fingerprint density at radius 2 is 0.887 bits per heavy atom. The number of carboxylic acids is 2. The van der Waals surface area contributed by atoms with Crippen LogP contribution in [-0.4, -0.2) is 159 Å². The maximum Gasteiger partial charge on any atom is 0.335 e. The molecule has 2 heterocycles. The van der Waals surface area contributed by atoms with Crippen molar-refractivity contribution in [2.24, 2.45) is 0 Å². The molecule has 2 saturated heterocycles. The molecule has 4 aromatic rings. The second kappa shape index (κ2) is 16.0. The lowest BCUT2D eigenvalue weighted by Crippen LogP contribution is -2.60. The molecule has 4 aliphatic rings. The van der Waals surface area contributed by atoms with Crippen LogP contribution in [0.25, 0.3) is 0 Å². The third-order valence-electron chi connectivity index (χ3n) is 11.7. The highest BCUT2D eigenvalue weighted by Crippen LogP contribution is 2.56. The molecule has 0 bridgehead atoms. The molecule has 4 aromatic carbocycles. The zero-order valence-corrected chi connectivity index (χ0v) is 31.7. The maximum atomic E-state index is 14.7. The predicted molar refractivity (Wildman–Crippen MR) is 202 cm³/mol. The van der Waals surface area contributed by atoms with Crippen molar-refractivity contribution in [3.8, 4) is 23.0 Å². The summed E-state index contributed by atoms with van der Waals surface area (Å²) in [5, 5.41) is 126. The van der Waals surface area contributed by atoms with Gasteiger partial charge in [-0.1, -0.05) is 24.3 Å². The molecule has 8 rings (SSSR count). The quantitative estimate of drug-likeness (QED) is 0.0950. The van der Waals surface area contributed by atoms with E-state index in [0.29, 0.717) is 0 Å². The third-order valence-corrected chi connectivity index (χ3v) is 11.7. The Morgan fingerprint density at radius 1 is 0.516 bits per heavy atom. The minimum absolute atomic E-state index is 0.00301. The fourth-order valence-corrected chi connectivity index (χ4v) is 8.71. The van der Waals surface area contributed by atoms with Crippen molar-refractivity contribution in [3.63, 3.8) is 0 Å². The van der Waals surface area contributed by atoms with Gasteiger partial charge < -0.3 is 80.2 Å². The van der Waals surface area contributed by atoms with E-state index in [1.165, 1.54) is 36.4 Å². The van der Waals surface area contributed by atoms with Crippen molar-refractivity contribution < 1.29 is 99.4 Å². The van der Waals surface area contributed by atoms with Crippen LogP contribution in [0.1, 0.15) is 86.6 Å². The Hall–Kier alpha value is -6.04. The highest BCUT2D eigenvalue weighted by Gasteiger charge is 2.50. The van der Waals surface area contributed by atoms with Crippen molar-refractivity contribution in [2.75, 3.05) is 13.2 Å². The molecule has 2 aliphatic heterocycles. The summed E-state index contributed by atoms with van der Waals surface area (Å²) in [6.07, 6.45) is -17.7. The molecular formula is C42H38O20. The lowest BCUT2D eigenvalue weighted by atomic mass is 9.63. The number of aliphatic hydroxyl groups excluding tert-OH is 8. The Kier molecular flexibility index (Phi) is 11.0. The largest absolute Gasteiger partial charge is 0.507 e. The molecule has 20 nitrogen and oxygen atoms in total. The van der Waals surface area contributed by atoms with Crippen LogP contribution in [0, 0.1) is 0 Å². The smallest absolute Gasteiger partial charge is 0.335 e. The lowest BCUT2D eigenvalue weighted by Gasteiger charge is -2.41. The zero-order valence-electron chi connectivity index (χ0n) is 31.7. The first kappa shape index (κ1) is 42.6. The van der Waals surface area contributed by atoms with Gasteiger partial charge in [0, 0.05) is 11.8 Å². The Labute approximate surface area is 348 Å². The molecule has 0 saturated carbocycles. The molecule has 0 amide bonds. The first-order valence-corrected chi connectivity index (χ1v) is 19.0. The van der Waals surface area contributed by atoms with E-state index in [-0.39, 0.29) is 44.9 Å². The van der Waals surface area contributed by atoms with Crippen molar-refractivity contribution in [3.05, 3.63) is 116 Å². The summed E-state index contributed by atoms with van der Waals surface area (Å²) in [4.78, 5) is 54.2. The van der Waals surface area contributed by atoms with E-state index in [1.54, 1.807) is 0 Å². The van der Waals surface area contributed by atoms with Crippen molar-refractivity contribution >= 4 is 23.5 Å². The number of ketones is 2. The van der Waals surface area contributed by atoms with Gasteiger partial charge in [-0.3, -0.25) is 9.59 Å². The number of rotatable bonds is 9. The number of hydrogen-bond donors (Lipinski definition) is 12. The third kappa shape index (κ3) is 6.73. The van der Waals surface area contributed by atoms with Crippen molar-refractivity contribution in [1.29, 1.82) is 0 Å². The van der Waals surface area contributed by atoms with Crippen LogP contribution < -0.4 is 9.47 Å². The highest BCUT2D eigenvalue weighted by atomic mass is 16.7. The first-order chi connectivity index (χ1) is 29.5. The van der Waals surface area contributed by atoms with Crippen LogP contribution in [0.3, 0.4) is 0 Å². The van der Waals surface area contributed by atoms with Gasteiger partial charge in [-0.2, -0.15) is 0 Å². The lowest BCUT2D eigenvalue weighted by molar-refractivity contribution is -0.277. The number of ether oxygens (including phenoxy) is 4. The van der Waals surface area contributed by atoms with Gasteiger partial charge in [0.25, 0.3) is 0 Å². The van der Waals surface area contributed by atoms with Gasteiger partial charge in [-0.15, -0.1) is 0 Å². The van der Waals surface area contributed by atoms with Crippen LogP contribution in [0.4, 0.5) is 0 Å². The number of fused-ring (bicyclic) bond motifs is 4. The summed E-state index contributed by atoms with van der Waals surface area (Å²) in [6.45, 7) is -1.64. The number of carbonyl (C=O) groups excluding carboxylic acids is 2. The predicted octanol–water partition coefficient (Wildman–Crippen LogP) is -1.10. The molecule has 0 unspecified atom stereocenters. The average Bonchev–Trinajstić information content (AvgIpc) is 3.24. The summed E-state index contributed by atoms with van der Waals surface area (Å²) in [5.41, 5.74) is -2.87. The molecule has 2 aliphatic carbocycles. The molecule has 2 fully saturated rings. The van der Waals surface area contributed by atoms with Gasteiger partial charge in [0.15, 0.2) is 0 Å². The number of carbonyl (C=O) groups is 4. The number of phenolic OH excluding ortho intramolecular Hbond substituents is 2. The number of aliphatic hydroxyl groups is 8. The van der Waals surface area contributed by atoms with Crippen molar-refractivity contribution in [1.82, 2.24) is 0 Å². The van der Waals surface area contributed by atoms with Crippen LogP contribution in [0.2, 0.25) is 0 Å². The van der Waals surface area contributed by atoms with E-state index in [9.17, 15) is 80.5 Å². The van der Waals surface area contributed by atoms with Gasteiger partial charge >= 0.3 is 11.9 Å². The van der Waals surface area contributed by atoms with Gasteiger partial charge in [0.2, 0.25) is 24.1 Å². The van der Waals surface area contributed by atoms with Crippen molar-refractivity contribution in [2.45, 2.75) is 73.2 Å². The monoisotopic (exact) mass is 862 g/mol. The standard InChI is InChI=1S/C42H38O20/c43-11-23-31(47)35(51)37(53)41(61-23)59-21-5-1-3-15-25(17-7-13(39(55)56)9-19(45)27(17)33(49)29(15)21)26-16-4-2-6-22(60-42-38(54)36(52)32(48)24(12-44)62-42)30(16)34(50)28-18(26)8-14(40(57)58)10-20(28)46/h1-10,23-26,31-32,35-38,41-48,51-54H,11-12H2,(H,55,56)(H,57,58)/t23-,24-,25-,26+,31-,32-,35+,36+,37-,38-,41-,42+/m1/s1. The number of aromatic carboxylic acids is 2. The first-order valence-electron chi connectivity index (χ1n) is 19.0. The molecule has 0 aromatic heterocycles. The molecule has 20 heteroatoms. The molecule has 12 N–H and O–H groups in total. The average molecular weight is 863 g/mol. The normalized spacial score (nSPS) is 30.1. The fraction of sp³-hybridized carbons (Fsp3) is 0.333. The van der Waals surface area contributed by atoms with E-state index in [2.05, 4.69) is 0 Å².